The van der Waals surface area contributed by atoms with Gasteiger partial charge >= 0.3 is 0 Å². The summed E-state index contributed by atoms with van der Waals surface area (Å²) in [4.78, 5) is 0. The van der Waals surface area contributed by atoms with E-state index < -0.39 is 0 Å². The molecule has 0 aliphatic carbocycles. The normalized spacial score (nSPS) is 12.6. The SMILES string of the molecule is CCCNC(Cn1nc(C)cc1C)c1ccccc1F. The Hall–Kier alpha value is -1.68. The number of halogens is 1. The lowest BCUT2D eigenvalue weighted by atomic mass is 10.1. The zero-order chi connectivity index (χ0) is 14.5. The molecule has 0 radical (unpaired) electrons. The molecule has 0 fully saturated rings. The van der Waals surface area contributed by atoms with E-state index in [9.17, 15) is 4.39 Å². The zero-order valence-corrected chi connectivity index (χ0v) is 12.4. The fourth-order valence-electron chi connectivity index (χ4n) is 2.38. The number of hydrogen-bond acceptors (Lipinski definition) is 2. The van der Waals surface area contributed by atoms with Gasteiger partial charge in [0.15, 0.2) is 0 Å². The Balaban J connectivity index is 2.24. The molecule has 0 saturated heterocycles. The Morgan fingerprint density at radius 1 is 1.30 bits per heavy atom. The summed E-state index contributed by atoms with van der Waals surface area (Å²) in [6, 6.07) is 8.93. The minimum Gasteiger partial charge on any atom is -0.308 e. The second-order valence-electron chi connectivity index (χ2n) is 5.14. The first kappa shape index (κ1) is 14.7. The van der Waals surface area contributed by atoms with E-state index in [1.54, 1.807) is 6.07 Å². The standard InChI is InChI=1S/C16H22FN3/c1-4-9-18-16(14-7-5-6-8-15(14)17)11-20-13(3)10-12(2)19-20/h5-8,10,16,18H,4,9,11H2,1-3H3. The van der Waals surface area contributed by atoms with Crippen molar-refractivity contribution in [2.75, 3.05) is 6.54 Å². The molecule has 2 rings (SSSR count). The fourth-order valence-corrected chi connectivity index (χ4v) is 2.38. The average molecular weight is 275 g/mol. The van der Waals surface area contributed by atoms with Crippen molar-refractivity contribution in [3.63, 3.8) is 0 Å². The lowest BCUT2D eigenvalue weighted by molar-refractivity contribution is 0.418. The third-order valence-electron chi connectivity index (χ3n) is 3.38. The van der Waals surface area contributed by atoms with Crippen molar-refractivity contribution in [3.8, 4) is 0 Å². The van der Waals surface area contributed by atoms with Gasteiger partial charge in [-0.15, -0.1) is 0 Å². The van der Waals surface area contributed by atoms with Gasteiger partial charge in [-0.1, -0.05) is 25.1 Å². The highest BCUT2D eigenvalue weighted by Crippen LogP contribution is 2.19. The number of rotatable bonds is 6. The van der Waals surface area contributed by atoms with E-state index in [-0.39, 0.29) is 11.9 Å². The van der Waals surface area contributed by atoms with Crippen LogP contribution >= 0.6 is 0 Å². The Labute approximate surface area is 119 Å². The van der Waals surface area contributed by atoms with Gasteiger partial charge in [-0.2, -0.15) is 5.10 Å². The Bertz CT molecular complexity index is 563. The van der Waals surface area contributed by atoms with E-state index in [2.05, 4.69) is 17.3 Å². The van der Waals surface area contributed by atoms with Crippen molar-refractivity contribution >= 4 is 0 Å². The van der Waals surface area contributed by atoms with Gasteiger partial charge in [-0.3, -0.25) is 4.68 Å². The molecule has 1 unspecified atom stereocenters. The first-order valence-electron chi connectivity index (χ1n) is 7.10. The molecule has 1 N–H and O–H groups in total. The molecule has 0 bridgehead atoms. The van der Waals surface area contributed by atoms with Crippen LogP contribution in [0.15, 0.2) is 30.3 Å². The van der Waals surface area contributed by atoms with Crippen LogP contribution in [-0.4, -0.2) is 16.3 Å². The molecule has 1 atom stereocenters. The molecule has 2 aromatic rings. The summed E-state index contributed by atoms with van der Waals surface area (Å²) in [6.07, 6.45) is 1.02. The van der Waals surface area contributed by atoms with Crippen molar-refractivity contribution in [1.82, 2.24) is 15.1 Å². The maximum absolute atomic E-state index is 14.0. The minimum absolute atomic E-state index is 0.0610. The minimum atomic E-state index is -0.164. The molecule has 1 aromatic heterocycles. The van der Waals surface area contributed by atoms with Gasteiger partial charge in [0.2, 0.25) is 0 Å². The van der Waals surface area contributed by atoms with Crippen molar-refractivity contribution in [2.45, 2.75) is 39.8 Å². The number of aromatic nitrogens is 2. The van der Waals surface area contributed by atoms with Gasteiger partial charge in [0.25, 0.3) is 0 Å². The molecule has 0 aliphatic rings. The molecule has 0 aliphatic heterocycles. The van der Waals surface area contributed by atoms with Crippen molar-refractivity contribution < 1.29 is 4.39 Å². The highest BCUT2D eigenvalue weighted by molar-refractivity contribution is 5.21. The highest BCUT2D eigenvalue weighted by atomic mass is 19.1. The number of nitrogens with one attached hydrogen (secondary N) is 1. The number of hydrogen-bond donors (Lipinski definition) is 1. The Morgan fingerprint density at radius 3 is 2.65 bits per heavy atom. The van der Waals surface area contributed by atoms with Gasteiger partial charge in [-0.25, -0.2) is 4.39 Å². The summed E-state index contributed by atoms with van der Waals surface area (Å²) in [6.45, 7) is 7.60. The third kappa shape index (κ3) is 3.45. The summed E-state index contributed by atoms with van der Waals surface area (Å²) in [7, 11) is 0. The maximum atomic E-state index is 14.0. The van der Waals surface area contributed by atoms with Gasteiger partial charge in [-0.05, 0) is 38.9 Å². The van der Waals surface area contributed by atoms with Crippen LogP contribution in [0.25, 0.3) is 0 Å². The maximum Gasteiger partial charge on any atom is 0.128 e. The molecule has 0 spiro atoms. The Morgan fingerprint density at radius 2 is 2.05 bits per heavy atom. The van der Waals surface area contributed by atoms with Gasteiger partial charge < -0.3 is 5.32 Å². The first-order chi connectivity index (χ1) is 9.61. The number of nitrogens with zero attached hydrogens (tertiary/aromatic N) is 2. The van der Waals surface area contributed by atoms with Crippen LogP contribution in [0.5, 0.6) is 0 Å². The molecule has 20 heavy (non-hydrogen) atoms. The summed E-state index contributed by atoms with van der Waals surface area (Å²) < 4.78 is 15.9. The molecule has 1 heterocycles. The lowest BCUT2D eigenvalue weighted by Crippen LogP contribution is -2.28. The summed E-state index contributed by atoms with van der Waals surface area (Å²) in [5, 5.41) is 7.88. The van der Waals surface area contributed by atoms with Crippen LogP contribution in [-0.2, 0) is 6.54 Å². The summed E-state index contributed by atoms with van der Waals surface area (Å²) >= 11 is 0. The van der Waals surface area contributed by atoms with Crippen LogP contribution < -0.4 is 5.32 Å². The average Bonchev–Trinajstić information content (AvgIpc) is 2.73. The van der Waals surface area contributed by atoms with Crippen LogP contribution in [0.4, 0.5) is 4.39 Å². The largest absolute Gasteiger partial charge is 0.308 e. The molecule has 1 aromatic carbocycles. The third-order valence-corrected chi connectivity index (χ3v) is 3.38. The number of benzene rings is 1. The van der Waals surface area contributed by atoms with Crippen LogP contribution in [0.3, 0.4) is 0 Å². The van der Waals surface area contributed by atoms with Gasteiger partial charge in [0.05, 0.1) is 18.3 Å². The van der Waals surface area contributed by atoms with Crippen molar-refractivity contribution in [2.24, 2.45) is 0 Å². The van der Waals surface area contributed by atoms with Crippen LogP contribution in [0.2, 0.25) is 0 Å². The van der Waals surface area contributed by atoms with E-state index in [1.807, 2.05) is 36.7 Å². The molecule has 0 amide bonds. The van der Waals surface area contributed by atoms with Crippen LogP contribution in [0.1, 0.15) is 36.3 Å². The van der Waals surface area contributed by atoms with Crippen LogP contribution in [0, 0.1) is 19.7 Å². The smallest absolute Gasteiger partial charge is 0.128 e. The summed E-state index contributed by atoms with van der Waals surface area (Å²) in [5.41, 5.74) is 2.79. The zero-order valence-electron chi connectivity index (χ0n) is 12.4. The lowest BCUT2D eigenvalue weighted by Gasteiger charge is -2.20. The Kier molecular flexibility index (Phi) is 4.90. The molecule has 4 heteroatoms. The van der Waals surface area contributed by atoms with Gasteiger partial charge in [0.1, 0.15) is 5.82 Å². The molecule has 108 valence electrons. The monoisotopic (exact) mass is 275 g/mol. The predicted molar refractivity (Wildman–Crippen MR) is 79.1 cm³/mol. The van der Waals surface area contributed by atoms with E-state index in [0.717, 1.165) is 24.4 Å². The molecule has 3 nitrogen and oxygen atoms in total. The molecular weight excluding hydrogens is 253 g/mol. The predicted octanol–water partition coefficient (Wildman–Crippen LogP) is 3.38. The van der Waals surface area contributed by atoms with Crippen molar-refractivity contribution in [3.05, 3.63) is 53.1 Å². The highest BCUT2D eigenvalue weighted by Gasteiger charge is 2.16. The van der Waals surface area contributed by atoms with E-state index in [1.165, 1.54) is 6.07 Å². The van der Waals surface area contributed by atoms with E-state index in [4.69, 9.17) is 0 Å². The quantitative estimate of drug-likeness (QED) is 0.876. The number of aryl methyl sites for hydroxylation is 2. The van der Waals surface area contributed by atoms with E-state index in [0.29, 0.717) is 12.1 Å². The van der Waals surface area contributed by atoms with Crippen molar-refractivity contribution in [1.29, 1.82) is 0 Å². The molecule has 0 saturated carbocycles. The molecular formula is C16H22FN3. The van der Waals surface area contributed by atoms with E-state index >= 15 is 0 Å². The second-order valence-corrected chi connectivity index (χ2v) is 5.14. The topological polar surface area (TPSA) is 29.9 Å². The second kappa shape index (κ2) is 6.66. The fraction of sp³-hybridized carbons (Fsp3) is 0.438. The first-order valence-corrected chi connectivity index (χ1v) is 7.10. The summed E-state index contributed by atoms with van der Waals surface area (Å²) in [5.74, 6) is -0.164. The van der Waals surface area contributed by atoms with Gasteiger partial charge in [0, 0.05) is 11.3 Å².